The molecule has 1 radical (unpaired) electrons. The number of sulfone groups is 1. The topological polar surface area (TPSA) is 46.2 Å². The van der Waals surface area contributed by atoms with Crippen LogP contribution in [0.5, 0.6) is 0 Å². The van der Waals surface area contributed by atoms with E-state index in [9.17, 15) is 8.42 Å². The van der Waals surface area contributed by atoms with E-state index in [0.717, 1.165) is 5.56 Å². The normalized spacial score (nSPS) is 19.4. The van der Waals surface area contributed by atoms with Crippen LogP contribution in [-0.2, 0) is 15.3 Å². The first-order valence-corrected chi connectivity index (χ1v) is 8.12. The molecule has 0 saturated carbocycles. The maximum atomic E-state index is 12.5. The van der Waals surface area contributed by atoms with E-state index < -0.39 is 9.84 Å². The maximum Gasteiger partial charge on any atom is 0.222 e. The van der Waals surface area contributed by atoms with Crippen molar-refractivity contribution in [3.8, 4) is 0 Å². The standard InChI is InChI=1S/C16H20NO2S/c1-12-6-5-7-15(17-12)20(18,19)14-10-8-13(9-11-14)16(2,3)4/h5-6,8-12,17H,1-4H3. The second-order valence-corrected chi connectivity index (χ2v) is 7.93. The van der Waals surface area contributed by atoms with Crippen molar-refractivity contribution in [1.29, 1.82) is 0 Å². The summed E-state index contributed by atoms with van der Waals surface area (Å²) in [7, 11) is -3.51. The third-order valence-electron chi connectivity index (χ3n) is 3.26. The molecule has 2 rings (SSSR count). The van der Waals surface area contributed by atoms with Crippen LogP contribution in [-0.4, -0.2) is 14.5 Å². The molecule has 3 nitrogen and oxygen atoms in total. The minimum absolute atomic E-state index is 0.00475. The molecule has 20 heavy (non-hydrogen) atoms. The third kappa shape index (κ3) is 2.96. The van der Waals surface area contributed by atoms with Crippen molar-refractivity contribution >= 4 is 9.84 Å². The molecule has 107 valence electrons. The van der Waals surface area contributed by atoms with Gasteiger partial charge >= 0.3 is 0 Å². The number of nitrogens with one attached hydrogen (secondary N) is 1. The van der Waals surface area contributed by atoms with E-state index in [2.05, 4.69) is 32.2 Å². The molecule has 0 amide bonds. The van der Waals surface area contributed by atoms with Gasteiger partial charge in [-0.15, -0.1) is 0 Å². The number of allylic oxidation sites excluding steroid dienone is 2. The second-order valence-electron chi connectivity index (χ2n) is 6.04. The fraction of sp³-hybridized carbons (Fsp3) is 0.375. The first kappa shape index (κ1) is 14.9. The lowest BCUT2D eigenvalue weighted by Crippen LogP contribution is -2.30. The molecule has 1 unspecified atom stereocenters. The van der Waals surface area contributed by atoms with Crippen molar-refractivity contribution in [2.75, 3.05) is 0 Å². The highest BCUT2D eigenvalue weighted by molar-refractivity contribution is 7.95. The molecule has 1 atom stereocenters. The van der Waals surface area contributed by atoms with Crippen molar-refractivity contribution in [3.63, 3.8) is 0 Å². The number of hydrogen-bond acceptors (Lipinski definition) is 3. The lowest BCUT2D eigenvalue weighted by molar-refractivity contribution is 0.585. The zero-order valence-corrected chi connectivity index (χ0v) is 13.1. The highest BCUT2D eigenvalue weighted by Gasteiger charge is 2.23. The van der Waals surface area contributed by atoms with Crippen LogP contribution in [0.2, 0.25) is 0 Å². The second kappa shape index (κ2) is 5.09. The molecule has 0 bridgehead atoms. The molecule has 0 fully saturated rings. The van der Waals surface area contributed by atoms with Gasteiger partial charge in [0.25, 0.3) is 0 Å². The smallest absolute Gasteiger partial charge is 0.222 e. The number of hydrogen-bond donors (Lipinski definition) is 1. The molecular weight excluding hydrogens is 270 g/mol. The van der Waals surface area contributed by atoms with Crippen molar-refractivity contribution < 1.29 is 8.42 Å². The van der Waals surface area contributed by atoms with Crippen molar-refractivity contribution in [1.82, 2.24) is 5.32 Å². The zero-order chi connectivity index (χ0) is 15.0. The Kier molecular flexibility index (Phi) is 3.78. The predicted octanol–water partition coefficient (Wildman–Crippen LogP) is 2.95. The monoisotopic (exact) mass is 290 g/mol. The predicted molar refractivity (Wildman–Crippen MR) is 80.8 cm³/mol. The Bertz CT molecular complexity index is 647. The Morgan fingerprint density at radius 2 is 1.75 bits per heavy atom. The SMILES string of the molecule is CC1C=C[C]=C(S(=O)(=O)c2ccc(C(C)(C)C)cc2)N1. The molecule has 1 aliphatic rings. The summed E-state index contributed by atoms with van der Waals surface area (Å²) >= 11 is 0. The first-order chi connectivity index (χ1) is 9.21. The Balaban J connectivity index is 2.36. The lowest BCUT2D eigenvalue weighted by atomic mass is 9.87. The summed E-state index contributed by atoms with van der Waals surface area (Å²) in [6.45, 7) is 8.20. The van der Waals surface area contributed by atoms with Gasteiger partial charge in [-0.1, -0.05) is 45.1 Å². The number of dihydropyridines is 1. The molecule has 1 heterocycles. The molecule has 0 aliphatic carbocycles. The molecular formula is C16H20NO2S. The summed E-state index contributed by atoms with van der Waals surface area (Å²) in [5.41, 5.74) is 1.12. The maximum absolute atomic E-state index is 12.5. The van der Waals surface area contributed by atoms with E-state index in [-0.39, 0.29) is 16.5 Å². The largest absolute Gasteiger partial charge is 0.369 e. The van der Waals surface area contributed by atoms with Gasteiger partial charge in [0.05, 0.1) is 4.90 Å². The summed E-state index contributed by atoms with van der Waals surface area (Å²) in [5, 5.41) is 3.07. The Morgan fingerprint density at radius 3 is 2.25 bits per heavy atom. The van der Waals surface area contributed by atoms with Gasteiger partial charge in [-0.25, -0.2) is 8.42 Å². The molecule has 1 aliphatic heterocycles. The molecule has 0 spiro atoms. The summed E-state index contributed by atoms with van der Waals surface area (Å²) in [5.74, 6) is 0. The average Bonchev–Trinajstić information content (AvgIpc) is 2.38. The van der Waals surface area contributed by atoms with Crippen LogP contribution >= 0.6 is 0 Å². The van der Waals surface area contributed by atoms with E-state index in [1.807, 2.05) is 25.1 Å². The van der Waals surface area contributed by atoms with Gasteiger partial charge in [-0.2, -0.15) is 0 Å². The van der Waals surface area contributed by atoms with Crippen molar-refractivity contribution in [2.24, 2.45) is 0 Å². The van der Waals surface area contributed by atoms with Crippen LogP contribution in [0.3, 0.4) is 0 Å². The van der Waals surface area contributed by atoms with Crippen LogP contribution in [0.4, 0.5) is 0 Å². The molecule has 1 aromatic rings. The molecule has 1 N–H and O–H groups in total. The van der Waals surface area contributed by atoms with Gasteiger partial charge in [0.15, 0.2) is 0 Å². The fourth-order valence-corrected chi connectivity index (χ4v) is 3.27. The summed E-state index contributed by atoms with van der Waals surface area (Å²) in [6.07, 6.45) is 6.28. The van der Waals surface area contributed by atoms with Crippen molar-refractivity contribution in [3.05, 3.63) is 53.1 Å². The Morgan fingerprint density at radius 1 is 1.15 bits per heavy atom. The van der Waals surface area contributed by atoms with Crippen LogP contribution in [0.15, 0.2) is 46.3 Å². The van der Waals surface area contributed by atoms with Gasteiger partial charge in [0, 0.05) is 12.1 Å². The van der Waals surface area contributed by atoms with Crippen molar-refractivity contribution in [2.45, 2.75) is 44.0 Å². The van der Waals surface area contributed by atoms with E-state index in [0.29, 0.717) is 4.90 Å². The summed E-state index contributed by atoms with van der Waals surface area (Å²) < 4.78 is 25.0. The summed E-state index contributed by atoms with van der Waals surface area (Å²) in [6, 6.07) is 7.06. The quantitative estimate of drug-likeness (QED) is 0.911. The Labute approximate surface area is 121 Å². The van der Waals surface area contributed by atoms with Gasteiger partial charge in [-0.05, 0) is 30.0 Å². The van der Waals surface area contributed by atoms with Crippen LogP contribution < -0.4 is 5.32 Å². The van der Waals surface area contributed by atoms with Crippen LogP contribution in [0.1, 0.15) is 33.3 Å². The minimum Gasteiger partial charge on any atom is -0.369 e. The molecule has 0 aromatic heterocycles. The van der Waals surface area contributed by atoms with E-state index >= 15 is 0 Å². The first-order valence-electron chi connectivity index (χ1n) is 6.63. The highest BCUT2D eigenvalue weighted by Crippen LogP contribution is 2.25. The average molecular weight is 290 g/mol. The minimum atomic E-state index is -3.51. The number of benzene rings is 1. The van der Waals surface area contributed by atoms with Crippen LogP contribution in [0, 0.1) is 6.08 Å². The highest BCUT2D eigenvalue weighted by atomic mass is 32.2. The third-order valence-corrected chi connectivity index (χ3v) is 4.92. The van der Waals surface area contributed by atoms with Gasteiger partial charge in [0.2, 0.25) is 9.84 Å². The van der Waals surface area contributed by atoms with Gasteiger partial charge in [0.1, 0.15) is 5.03 Å². The molecule has 4 heteroatoms. The van der Waals surface area contributed by atoms with Gasteiger partial charge < -0.3 is 5.32 Å². The fourth-order valence-electron chi connectivity index (χ4n) is 1.97. The van der Waals surface area contributed by atoms with E-state index in [4.69, 9.17) is 0 Å². The van der Waals surface area contributed by atoms with Gasteiger partial charge in [-0.3, -0.25) is 0 Å². The van der Waals surface area contributed by atoms with E-state index in [1.165, 1.54) is 0 Å². The molecule has 0 saturated heterocycles. The zero-order valence-electron chi connectivity index (χ0n) is 12.3. The Hall–Kier alpha value is -1.55. The number of rotatable bonds is 2. The van der Waals surface area contributed by atoms with E-state index in [1.54, 1.807) is 18.2 Å². The lowest BCUT2D eigenvalue weighted by Gasteiger charge is -2.20. The van der Waals surface area contributed by atoms with Crippen LogP contribution in [0.25, 0.3) is 0 Å². The summed E-state index contributed by atoms with van der Waals surface area (Å²) in [4.78, 5) is 0.294. The molecule has 1 aromatic carbocycles.